The number of anilines is 3. The van der Waals surface area contributed by atoms with Gasteiger partial charge in [0.1, 0.15) is 22.8 Å². The first kappa shape index (κ1) is 32.9. The molecule has 0 saturated carbocycles. The van der Waals surface area contributed by atoms with Crippen LogP contribution in [-0.4, -0.2) is 14.6 Å². The Balaban J connectivity index is 1.52. The molecule has 3 N–H and O–H groups in total. The van der Waals surface area contributed by atoms with Gasteiger partial charge in [-0.15, -0.1) is 0 Å². The van der Waals surface area contributed by atoms with Crippen molar-refractivity contribution in [3.8, 4) is 17.2 Å². The number of nitrogen functional groups attached to an aromatic ring is 1. The van der Waals surface area contributed by atoms with E-state index in [2.05, 4.69) is 41.9 Å². The molecule has 0 aliphatic rings. The normalized spacial score (nSPS) is 13.4. The van der Waals surface area contributed by atoms with Gasteiger partial charge in [0.15, 0.2) is 51.8 Å². The van der Waals surface area contributed by atoms with Crippen molar-refractivity contribution in [2.75, 3.05) is 10.8 Å². The molecule has 0 amide bonds. The fourth-order valence-electron chi connectivity index (χ4n) is 4.62. The highest BCUT2D eigenvalue weighted by Crippen LogP contribution is 2.53. The maximum absolute atomic E-state index is 12.9. The van der Waals surface area contributed by atoms with E-state index in [1.807, 2.05) is 51.1 Å². The van der Waals surface area contributed by atoms with Crippen LogP contribution >= 0.6 is 40.5 Å². The largest absolute Gasteiger partial charge is 0.754 e. The molecule has 0 saturated heterocycles. The Kier molecular flexibility index (Phi) is 9.89. The minimum absolute atomic E-state index is 0.0718. The van der Waals surface area contributed by atoms with Crippen LogP contribution in [0.3, 0.4) is 0 Å². The van der Waals surface area contributed by atoms with E-state index in [0.717, 1.165) is 27.7 Å². The first-order valence-electron chi connectivity index (χ1n) is 13.7. The van der Waals surface area contributed by atoms with E-state index >= 15 is 0 Å². The SMILES string of the molecule is C=I[N+](c1ccc(Oc2ccc(N([O-])c3ccc(OC(C)(C)C)cc3)cc2)cc1)(c1ccc(C(C)(C)C)c(N)c1)I(=C)=N. The third-order valence-corrected chi connectivity index (χ3v) is 16.0. The van der Waals surface area contributed by atoms with Crippen LogP contribution in [0, 0.1) is 8.77 Å². The summed E-state index contributed by atoms with van der Waals surface area (Å²) in [6, 6.07) is 28.1. The number of rotatable bonds is 9. The fraction of sp³-hybridized carbons (Fsp3) is 0.235. The molecule has 0 aliphatic carbocycles. The lowest BCUT2D eigenvalue weighted by Crippen LogP contribution is -2.23. The van der Waals surface area contributed by atoms with Crippen LogP contribution in [0.5, 0.6) is 17.2 Å². The third kappa shape index (κ3) is 7.57. The van der Waals surface area contributed by atoms with Crippen molar-refractivity contribution in [1.82, 2.24) is 0.910 Å². The molecule has 0 aromatic heterocycles. The zero-order chi connectivity index (χ0) is 31.6. The predicted octanol–water partition coefficient (Wildman–Crippen LogP) is 10.7. The Labute approximate surface area is 272 Å². The maximum Gasteiger partial charge on any atom is 0.175 e. The zero-order valence-corrected chi connectivity index (χ0v) is 29.8. The molecule has 4 aromatic rings. The number of benzene rings is 4. The van der Waals surface area contributed by atoms with E-state index in [0.29, 0.717) is 29.5 Å². The molecule has 4 rings (SSSR count). The second kappa shape index (κ2) is 12.9. The van der Waals surface area contributed by atoms with Gasteiger partial charge in [-0.05, 0) is 101 Å². The number of hydrogen-bond acceptors (Lipinski definition) is 6. The summed E-state index contributed by atoms with van der Waals surface area (Å²) in [5.74, 6) is 1.98. The van der Waals surface area contributed by atoms with Gasteiger partial charge in [0.2, 0.25) is 0 Å². The highest BCUT2D eigenvalue weighted by Gasteiger charge is 2.34. The van der Waals surface area contributed by atoms with E-state index in [1.165, 1.54) is 0 Å². The highest BCUT2D eigenvalue weighted by atomic mass is 127. The molecule has 0 bridgehead atoms. The summed E-state index contributed by atoms with van der Waals surface area (Å²) in [4.78, 5) is 0. The molecule has 7 nitrogen and oxygen atoms in total. The van der Waals surface area contributed by atoms with Gasteiger partial charge in [0.05, 0.1) is 0 Å². The number of ether oxygens (including phenoxy) is 2. The van der Waals surface area contributed by atoms with E-state index in [-0.39, 0.29) is 11.0 Å². The molecule has 43 heavy (non-hydrogen) atoms. The Morgan fingerprint density at radius 3 is 1.67 bits per heavy atom. The molecule has 0 aliphatic heterocycles. The molecule has 1 unspecified atom stereocenters. The molecule has 9 heteroatoms. The van der Waals surface area contributed by atoms with Gasteiger partial charge in [-0.2, -0.15) is 0.910 Å². The summed E-state index contributed by atoms with van der Waals surface area (Å²) in [5, 5.41) is 13.8. The van der Waals surface area contributed by atoms with Crippen LogP contribution < -0.4 is 21.2 Å². The van der Waals surface area contributed by atoms with Crippen molar-refractivity contribution in [3.05, 3.63) is 102 Å². The minimum Gasteiger partial charge on any atom is -0.754 e. The van der Waals surface area contributed by atoms with Gasteiger partial charge in [-0.1, -0.05) is 26.8 Å². The number of nitrogens with one attached hydrogen (secondary N) is 1. The Morgan fingerprint density at radius 2 is 1.26 bits per heavy atom. The minimum atomic E-state index is -2.51. The third-order valence-electron chi connectivity index (χ3n) is 6.58. The van der Waals surface area contributed by atoms with E-state index in [4.69, 9.17) is 18.8 Å². The molecule has 0 spiro atoms. The molecular weight excluding hydrogens is 766 g/mol. The second-order valence-corrected chi connectivity index (χ2v) is 19.4. The van der Waals surface area contributed by atoms with Gasteiger partial charge in [0, 0.05) is 41.3 Å². The van der Waals surface area contributed by atoms with Gasteiger partial charge in [-0.25, -0.2) is 3.56 Å². The van der Waals surface area contributed by atoms with E-state index in [1.54, 1.807) is 48.5 Å². The smallest absolute Gasteiger partial charge is 0.175 e. The zero-order valence-electron chi connectivity index (χ0n) is 25.5. The monoisotopic (exact) mass is 806 g/mol. The van der Waals surface area contributed by atoms with Crippen molar-refractivity contribution in [3.63, 3.8) is 0 Å². The van der Waals surface area contributed by atoms with Crippen molar-refractivity contribution >= 4 is 77.9 Å². The Morgan fingerprint density at radius 1 is 0.791 bits per heavy atom. The number of nitrogens with two attached hydrogens (primary N) is 1. The number of halogens is 2. The van der Waals surface area contributed by atoms with Crippen LogP contribution in [0.1, 0.15) is 47.1 Å². The highest BCUT2D eigenvalue weighted by molar-refractivity contribution is 14.3. The van der Waals surface area contributed by atoms with Crippen molar-refractivity contribution in [2.24, 2.45) is 0 Å². The first-order chi connectivity index (χ1) is 20.1. The summed E-state index contributed by atoms with van der Waals surface area (Å²) in [5.41, 5.74) is 10.9. The predicted molar refractivity (Wildman–Crippen MR) is 201 cm³/mol. The summed E-state index contributed by atoms with van der Waals surface area (Å²) in [6.07, 6.45) is 0. The average Bonchev–Trinajstić information content (AvgIpc) is 2.93. The number of quaternary nitrogens is 1. The summed E-state index contributed by atoms with van der Waals surface area (Å²) < 4.78 is 29.8. The molecule has 0 radical (unpaired) electrons. The summed E-state index contributed by atoms with van der Waals surface area (Å²) >= 11 is -3.23. The second-order valence-electron chi connectivity index (χ2n) is 12.1. The van der Waals surface area contributed by atoms with Crippen LogP contribution in [-0.2, 0) is 5.41 Å². The maximum atomic E-state index is 12.9. The Hall–Kier alpha value is -3.00. The lowest BCUT2D eigenvalue weighted by Gasteiger charge is -2.31. The van der Waals surface area contributed by atoms with E-state index in [9.17, 15) is 5.21 Å². The lowest BCUT2D eigenvalue weighted by molar-refractivity contribution is 0.131. The first-order valence-corrected chi connectivity index (χ1v) is 19.8. The Bertz CT molecular complexity index is 1650. The fourth-order valence-corrected chi connectivity index (χ4v) is 10.4. The molecule has 0 fully saturated rings. The molecular formula is C34H40I2N4O3. The standard InChI is InChI=1S/C34H40I2N4O3/c1-33(2,3)31-22-15-27(23-32(31)37)40(35-7,36(8)38)26-13-20-29(21-14-26)42-28-16-9-24(10-17-28)39(41)25-11-18-30(19-12-25)43-34(4,5)6/h9-23,38H,7-8,37H2,1-6H3. The topological polar surface area (TPSA) is 94.6 Å². The lowest BCUT2D eigenvalue weighted by atomic mass is 9.86. The van der Waals surface area contributed by atoms with Gasteiger partial charge >= 0.3 is 0 Å². The van der Waals surface area contributed by atoms with E-state index < -0.39 is 40.5 Å². The van der Waals surface area contributed by atoms with Crippen LogP contribution in [0.25, 0.3) is 0 Å². The van der Waals surface area contributed by atoms with Crippen LogP contribution in [0.4, 0.5) is 28.4 Å². The summed E-state index contributed by atoms with van der Waals surface area (Å²) in [6.45, 7) is 12.4. The molecule has 1 atom stereocenters. The average molecular weight is 807 g/mol. The van der Waals surface area contributed by atoms with Crippen molar-refractivity contribution < 1.29 is 9.47 Å². The van der Waals surface area contributed by atoms with Crippen molar-refractivity contribution in [1.29, 1.82) is 3.56 Å². The van der Waals surface area contributed by atoms with Crippen LogP contribution in [0.15, 0.2) is 91.0 Å². The quantitative estimate of drug-likeness (QED) is 0.0760. The molecule has 0 heterocycles. The summed E-state index contributed by atoms with van der Waals surface area (Å²) in [7, 11) is 0. The van der Waals surface area contributed by atoms with Crippen molar-refractivity contribution in [2.45, 2.75) is 52.6 Å². The number of nitrogens with zero attached hydrogens (tertiary/aromatic N) is 2. The van der Waals surface area contributed by atoms with Gasteiger partial charge < -0.3 is 25.5 Å². The van der Waals surface area contributed by atoms with Gasteiger partial charge in [-0.3, -0.25) is 0 Å². The van der Waals surface area contributed by atoms with Crippen LogP contribution in [0.2, 0.25) is 0 Å². The number of hydrogen-bond donors (Lipinski definition) is 2. The molecule has 228 valence electrons. The molecule has 4 aromatic carbocycles. The van der Waals surface area contributed by atoms with Gasteiger partial charge in [0.25, 0.3) is 0 Å².